The molecule has 4 rings (SSSR count). The summed E-state index contributed by atoms with van der Waals surface area (Å²) in [6, 6.07) is -0.382. The number of nitrogens with zero attached hydrogens (tertiary/aromatic N) is 3. The van der Waals surface area contributed by atoms with Gasteiger partial charge in [0.15, 0.2) is 5.65 Å². The Labute approximate surface area is 162 Å². The number of amides is 2. The molecule has 1 saturated heterocycles. The van der Waals surface area contributed by atoms with Gasteiger partial charge in [-0.15, -0.1) is 0 Å². The van der Waals surface area contributed by atoms with Crippen LogP contribution in [-0.2, 0) is 20.9 Å². The molecule has 3 atom stereocenters. The largest absolute Gasteiger partial charge is 0.391 e. The Morgan fingerprint density at radius 2 is 2.00 bits per heavy atom. The number of aliphatic hydroxyl groups is 1. The molecule has 2 fully saturated rings. The number of ether oxygens (including phenoxy) is 1. The van der Waals surface area contributed by atoms with Crippen LogP contribution in [0.25, 0.3) is 5.65 Å². The van der Waals surface area contributed by atoms with Crippen molar-refractivity contribution < 1.29 is 19.4 Å². The fourth-order valence-electron chi connectivity index (χ4n) is 3.99. The monoisotopic (exact) mass is 387 g/mol. The van der Waals surface area contributed by atoms with E-state index in [1.807, 2.05) is 4.40 Å². The van der Waals surface area contributed by atoms with Crippen molar-refractivity contribution in [3.05, 3.63) is 30.5 Å². The number of hydrogen-bond acceptors (Lipinski definition) is 6. The summed E-state index contributed by atoms with van der Waals surface area (Å²) in [5.74, 6) is -0.562. The molecule has 150 valence electrons. The molecule has 2 aromatic heterocycles. The molecular weight excluding hydrogens is 362 g/mol. The second-order valence-corrected chi connectivity index (χ2v) is 7.51. The Morgan fingerprint density at radius 1 is 1.18 bits per heavy atom. The number of nitrogens with one attached hydrogen (secondary N) is 2. The maximum absolute atomic E-state index is 12.6. The van der Waals surface area contributed by atoms with Gasteiger partial charge in [-0.3, -0.25) is 19.0 Å². The minimum absolute atomic E-state index is 0.0484. The van der Waals surface area contributed by atoms with E-state index in [9.17, 15) is 14.7 Å². The maximum Gasteiger partial charge on any atom is 0.223 e. The van der Waals surface area contributed by atoms with Crippen LogP contribution in [0.1, 0.15) is 31.4 Å². The fourth-order valence-corrected chi connectivity index (χ4v) is 3.99. The average Bonchev–Trinajstić information content (AvgIpc) is 3.30. The highest BCUT2D eigenvalue weighted by Crippen LogP contribution is 2.27. The van der Waals surface area contributed by atoms with E-state index >= 15 is 0 Å². The predicted octanol–water partition coefficient (Wildman–Crippen LogP) is 0.0278. The maximum atomic E-state index is 12.6. The topological polar surface area (TPSA) is 118 Å². The van der Waals surface area contributed by atoms with Crippen LogP contribution in [0, 0.1) is 11.8 Å². The molecular formula is C19H25N5O4. The van der Waals surface area contributed by atoms with Crippen molar-refractivity contribution in [1.29, 1.82) is 0 Å². The Balaban J connectivity index is 1.30. The zero-order valence-electron chi connectivity index (χ0n) is 15.6. The summed E-state index contributed by atoms with van der Waals surface area (Å²) in [4.78, 5) is 33.2. The highest BCUT2D eigenvalue weighted by molar-refractivity contribution is 5.81. The van der Waals surface area contributed by atoms with E-state index < -0.39 is 6.10 Å². The van der Waals surface area contributed by atoms with E-state index in [1.54, 1.807) is 24.8 Å². The molecule has 1 aliphatic heterocycles. The van der Waals surface area contributed by atoms with Gasteiger partial charge in [-0.1, -0.05) is 0 Å². The molecule has 0 radical (unpaired) electrons. The van der Waals surface area contributed by atoms with Crippen molar-refractivity contribution >= 4 is 17.5 Å². The average molecular weight is 387 g/mol. The van der Waals surface area contributed by atoms with Gasteiger partial charge in [-0.05, 0) is 25.7 Å². The Kier molecular flexibility index (Phi) is 5.54. The third kappa shape index (κ3) is 4.00. The van der Waals surface area contributed by atoms with Crippen LogP contribution in [0.3, 0.4) is 0 Å². The molecule has 9 nitrogen and oxygen atoms in total. The van der Waals surface area contributed by atoms with E-state index in [2.05, 4.69) is 20.6 Å². The van der Waals surface area contributed by atoms with E-state index in [0.29, 0.717) is 45.4 Å². The minimum atomic E-state index is -0.707. The van der Waals surface area contributed by atoms with Gasteiger partial charge < -0.3 is 20.5 Å². The Hall–Kier alpha value is -2.52. The van der Waals surface area contributed by atoms with Crippen LogP contribution in [0.2, 0.25) is 0 Å². The summed E-state index contributed by atoms with van der Waals surface area (Å²) < 4.78 is 7.15. The number of carbonyl (C=O) groups excluding carboxylic acids is 2. The van der Waals surface area contributed by atoms with Crippen LogP contribution < -0.4 is 10.6 Å². The number of aliphatic hydroxyl groups excluding tert-OH is 1. The quantitative estimate of drug-likeness (QED) is 0.666. The molecule has 0 unspecified atom stereocenters. The molecule has 1 aliphatic carbocycles. The summed E-state index contributed by atoms with van der Waals surface area (Å²) in [6.45, 7) is 1.53. The number of hydrogen-bond donors (Lipinski definition) is 3. The molecule has 0 spiro atoms. The molecule has 28 heavy (non-hydrogen) atoms. The summed E-state index contributed by atoms with van der Waals surface area (Å²) in [7, 11) is 0. The number of aromatic nitrogens is 3. The molecule has 2 aromatic rings. The van der Waals surface area contributed by atoms with E-state index in [-0.39, 0.29) is 29.7 Å². The lowest BCUT2D eigenvalue weighted by atomic mass is 9.98. The standard InChI is InChI=1S/C19H25N5O4/c25-16-8-13(7-15(16)23-19(27)12-1-5-28-6-2-12)18(26)22-10-14-9-21-17-11-20-3-4-24(14)17/h3-4,9,11-13,15-16,25H,1-2,5-8,10H2,(H,22,26)(H,23,27)/t13-,15+,16+/m0/s1. The van der Waals surface area contributed by atoms with Gasteiger partial charge in [0, 0.05) is 37.4 Å². The number of carbonyl (C=O) groups is 2. The van der Waals surface area contributed by atoms with Crippen molar-refractivity contribution in [2.75, 3.05) is 13.2 Å². The molecule has 3 heterocycles. The summed E-state index contributed by atoms with van der Waals surface area (Å²) >= 11 is 0. The van der Waals surface area contributed by atoms with Gasteiger partial charge in [0.05, 0.1) is 36.8 Å². The molecule has 3 N–H and O–H groups in total. The number of imidazole rings is 1. The highest BCUT2D eigenvalue weighted by Gasteiger charge is 2.38. The molecule has 2 amide bonds. The van der Waals surface area contributed by atoms with E-state index in [1.165, 1.54) is 0 Å². The molecule has 0 bridgehead atoms. The lowest BCUT2D eigenvalue weighted by Gasteiger charge is -2.24. The summed E-state index contributed by atoms with van der Waals surface area (Å²) in [5.41, 5.74) is 1.58. The van der Waals surface area contributed by atoms with Gasteiger partial charge in [0.2, 0.25) is 11.8 Å². The van der Waals surface area contributed by atoms with Gasteiger partial charge >= 0.3 is 0 Å². The third-order valence-electron chi connectivity index (χ3n) is 5.66. The third-order valence-corrected chi connectivity index (χ3v) is 5.66. The van der Waals surface area contributed by atoms with Crippen LogP contribution >= 0.6 is 0 Å². The van der Waals surface area contributed by atoms with Crippen molar-refractivity contribution in [3.63, 3.8) is 0 Å². The molecule has 0 aromatic carbocycles. The Bertz CT molecular complexity index is 848. The predicted molar refractivity (Wildman–Crippen MR) is 99.0 cm³/mol. The lowest BCUT2D eigenvalue weighted by molar-refractivity contribution is -0.129. The zero-order chi connectivity index (χ0) is 19.5. The first-order chi connectivity index (χ1) is 13.6. The number of rotatable bonds is 5. The molecule has 9 heteroatoms. The first-order valence-corrected chi connectivity index (χ1v) is 9.71. The second-order valence-electron chi connectivity index (χ2n) is 7.51. The van der Waals surface area contributed by atoms with Crippen LogP contribution in [0.15, 0.2) is 24.8 Å². The van der Waals surface area contributed by atoms with E-state index in [4.69, 9.17) is 4.74 Å². The van der Waals surface area contributed by atoms with Crippen molar-refractivity contribution in [2.45, 2.75) is 44.4 Å². The van der Waals surface area contributed by atoms with Crippen molar-refractivity contribution in [3.8, 4) is 0 Å². The van der Waals surface area contributed by atoms with Crippen LogP contribution in [-0.4, -0.2) is 56.6 Å². The van der Waals surface area contributed by atoms with E-state index in [0.717, 1.165) is 11.3 Å². The molecule has 1 saturated carbocycles. The number of fused-ring (bicyclic) bond motifs is 1. The van der Waals surface area contributed by atoms with Gasteiger partial charge in [0.1, 0.15) is 0 Å². The van der Waals surface area contributed by atoms with Crippen molar-refractivity contribution in [2.24, 2.45) is 11.8 Å². The zero-order valence-corrected chi connectivity index (χ0v) is 15.6. The lowest BCUT2D eigenvalue weighted by Crippen LogP contribution is -2.44. The Morgan fingerprint density at radius 3 is 2.82 bits per heavy atom. The van der Waals surface area contributed by atoms with Crippen LogP contribution in [0.5, 0.6) is 0 Å². The van der Waals surface area contributed by atoms with Gasteiger partial charge in [-0.25, -0.2) is 4.98 Å². The second kappa shape index (κ2) is 8.24. The van der Waals surface area contributed by atoms with Crippen LogP contribution in [0.4, 0.5) is 0 Å². The minimum Gasteiger partial charge on any atom is -0.391 e. The SMILES string of the molecule is O=C(N[C@@H]1C[C@H](C(=O)NCc2cnc3cnccn23)C[C@H]1O)C1CCOCC1. The fraction of sp³-hybridized carbons (Fsp3) is 0.579. The van der Waals surface area contributed by atoms with Gasteiger partial charge in [0.25, 0.3) is 0 Å². The molecule has 2 aliphatic rings. The smallest absolute Gasteiger partial charge is 0.223 e. The first kappa shape index (κ1) is 18.8. The first-order valence-electron chi connectivity index (χ1n) is 9.71. The van der Waals surface area contributed by atoms with Crippen molar-refractivity contribution in [1.82, 2.24) is 25.0 Å². The highest BCUT2D eigenvalue weighted by atomic mass is 16.5. The van der Waals surface area contributed by atoms with Gasteiger partial charge in [-0.2, -0.15) is 0 Å². The summed E-state index contributed by atoms with van der Waals surface area (Å²) in [6.07, 6.45) is 8.31. The summed E-state index contributed by atoms with van der Waals surface area (Å²) in [5, 5.41) is 16.2. The normalized spacial score (nSPS) is 25.7.